The highest BCUT2D eigenvalue weighted by Gasteiger charge is 2.19. The average molecular weight is 477 g/mol. The molecular formula is C22H20N8O3S. The summed E-state index contributed by atoms with van der Waals surface area (Å²) in [5.41, 5.74) is 3.65. The second kappa shape index (κ2) is 8.48. The standard InChI is InChI=1S/C22H20N8O3S/c1-13-14(2)29-33-21(13)30-34(31,32)16-8-6-15(7-9-16)25-22-23-11-10-20(27-22)26-18-4-3-5-19-17(18)12-24-28-19/h3-12,30H,1-2H3,(H,24,28)(H2,23,25,26,27). The number of sulfonamides is 1. The van der Waals surface area contributed by atoms with Gasteiger partial charge in [0, 0.05) is 22.8 Å². The average Bonchev–Trinajstić information content (AvgIpc) is 3.43. The number of fused-ring (bicyclic) bond motifs is 1. The number of aromatic nitrogens is 5. The zero-order chi connectivity index (χ0) is 23.7. The molecule has 4 N–H and O–H groups in total. The third kappa shape index (κ3) is 4.26. The van der Waals surface area contributed by atoms with E-state index in [1.54, 1.807) is 44.4 Å². The van der Waals surface area contributed by atoms with Crippen LogP contribution in [0.4, 0.5) is 29.0 Å². The topological polar surface area (TPSA) is 151 Å². The molecule has 0 aliphatic carbocycles. The molecule has 172 valence electrons. The molecule has 0 atom stereocenters. The van der Waals surface area contributed by atoms with Crippen molar-refractivity contribution in [3.63, 3.8) is 0 Å². The van der Waals surface area contributed by atoms with Crippen LogP contribution in [0.3, 0.4) is 0 Å². The minimum atomic E-state index is -3.83. The number of hydrogen-bond donors (Lipinski definition) is 4. The van der Waals surface area contributed by atoms with E-state index in [4.69, 9.17) is 4.52 Å². The molecule has 0 aliphatic rings. The van der Waals surface area contributed by atoms with E-state index in [9.17, 15) is 8.42 Å². The molecule has 2 aromatic carbocycles. The summed E-state index contributed by atoms with van der Waals surface area (Å²) in [4.78, 5) is 8.80. The number of aromatic amines is 1. The summed E-state index contributed by atoms with van der Waals surface area (Å²) < 4.78 is 32.8. The first kappa shape index (κ1) is 21.4. The highest BCUT2D eigenvalue weighted by Crippen LogP contribution is 2.26. The predicted molar refractivity (Wildman–Crippen MR) is 128 cm³/mol. The molecule has 5 aromatic rings. The van der Waals surface area contributed by atoms with Gasteiger partial charge in [0.1, 0.15) is 5.82 Å². The lowest BCUT2D eigenvalue weighted by Gasteiger charge is -2.10. The summed E-state index contributed by atoms with van der Waals surface area (Å²) in [6.07, 6.45) is 3.37. The molecule has 0 spiro atoms. The molecule has 0 amide bonds. The first-order valence-electron chi connectivity index (χ1n) is 10.2. The van der Waals surface area contributed by atoms with Gasteiger partial charge in [0.05, 0.1) is 28.0 Å². The van der Waals surface area contributed by atoms with Crippen LogP contribution in [0.25, 0.3) is 10.9 Å². The highest BCUT2D eigenvalue weighted by molar-refractivity contribution is 7.92. The summed E-state index contributed by atoms with van der Waals surface area (Å²) >= 11 is 0. The maximum absolute atomic E-state index is 12.7. The summed E-state index contributed by atoms with van der Waals surface area (Å²) in [5.74, 6) is 1.04. The third-order valence-electron chi connectivity index (χ3n) is 5.21. The molecule has 11 nitrogen and oxygen atoms in total. The Kier molecular flexibility index (Phi) is 5.34. The van der Waals surface area contributed by atoms with Crippen LogP contribution in [0, 0.1) is 13.8 Å². The summed E-state index contributed by atoms with van der Waals surface area (Å²) in [7, 11) is -3.83. The van der Waals surface area contributed by atoms with Crippen LogP contribution < -0.4 is 15.4 Å². The lowest BCUT2D eigenvalue weighted by Crippen LogP contribution is -2.13. The van der Waals surface area contributed by atoms with E-state index in [1.807, 2.05) is 18.2 Å². The van der Waals surface area contributed by atoms with E-state index >= 15 is 0 Å². The van der Waals surface area contributed by atoms with Gasteiger partial charge in [-0.1, -0.05) is 11.2 Å². The zero-order valence-electron chi connectivity index (χ0n) is 18.2. The lowest BCUT2D eigenvalue weighted by molar-refractivity contribution is 0.430. The van der Waals surface area contributed by atoms with Crippen LogP contribution in [0.1, 0.15) is 11.3 Å². The van der Waals surface area contributed by atoms with Crippen molar-refractivity contribution >= 4 is 50.0 Å². The molecule has 3 heterocycles. The van der Waals surface area contributed by atoms with Crippen LogP contribution in [-0.4, -0.2) is 33.7 Å². The zero-order valence-corrected chi connectivity index (χ0v) is 19.0. The number of aryl methyl sites for hydroxylation is 1. The summed E-state index contributed by atoms with van der Waals surface area (Å²) in [6, 6.07) is 13.7. The summed E-state index contributed by atoms with van der Waals surface area (Å²) in [5, 5.41) is 18.0. The van der Waals surface area contributed by atoms with Gasteiger partial charge < -0.3 is 15.2 Å². The van der Waals surface area contributed by atoms with E-state index < -0.39 is 10.0 Å². The van der Waals surface area contributed by atoms with Crippen molar-refractivity contribution in [3.05, 3.63) is 72.2 Å². The molecule has 3 aromatic heterocycles. The highest BCUT2D eigenvalue weighted by atomic mass is 32.2. The minimum Gasteiger partial charge on any atom is -0.339 e. The van der Waals surface area contributed by atoms with Crippen molar-refractivity contribution < 1.29 is 12.9 Å². The van der Waals surface area contributed by atoms with E-state index in [-0.39, 0.29) is 10.8 Å². The van der Waals surface area contributed by atoms with Gasteiger partial charge in [0.2, 0.25) is 11.8 Å². The Balaban J connectivity index is 1.30. The molecule has 34 heavy (non-hydrogen) atoms. The Bertz CT molecular complexity index is 1580. The van der Waals surface area contributed by atoms with Crippen LogP contribution in [0.2, 0.25) is 0 Å². The van der Waals surface area contributed by atoms with Crippen LogP contribution >= 0.6 is 0 Å². The fraction of sp³-hybridized carbons (Fsp3) is 0.0909. The van der Waals surface area contributed by atoms with Crippen molar-refractivity contribution in [2.24, 2.45) is 0 Å². The maximum Gasteiger partial charge on any atom is 0.264 e. The normalized spacial score (nSPS) is 11.5. The number of nitrogens with zero attached hydrogens (tertiary/aromatic N) is 4. The second-order valence-electron chi connectivity index (χ2n) is 7.50. The Morgan fingerprint density at radius 2 is 1.82 bits per heavy atom. The largest absolute Gasteiger partial charge is 0.339 e. The van der Waals surface area contributed by atoms with Crippen LogP contribution in [0.15, 0.2) is 70.3 Å². The molecule has 0 saturated heterocycles. The Hall–Kier alpha value is -4.45. The van der Waals surface area contributed by atoms with Crippen molar-refractivity contribution in [1.82, 2.24) is 25.3 Å². The Labute approximate surface area is 194 Å². The van der Waals surface area contributed by atoms with Crippen molar-refractivity contribution in [2.75, 3.05) is 15.4 Å². The fourth-order valence-electron chi connectivity index (χ4n) is 3.24. The molecule has 0 bridgehead atoms. The number of benzene rings is 2. The predicted octanol–water partition coefficient (Wildman–Crippen LogP) is 4.25. The number of H-pyrrole nitrogens is 1. The van der Waals surface area contributed by atoms with E-state index in [2.05, 4.69) is 40.7 Å². The third-order valence-corrected chi connectivity index (χ3v) is 6.55. The Morgan fingerprint density at radius 1 is 1.00 bits per heavy atom. The molecule has 0 saturated carbocycles. The molecule has 0 radical (unpaired) electrons. The van der Waals surface area contributed by atoms with Gasteiger partial charge in [-0.05, 0) is 56.3 Å². The lowest BCUT2D eigenvalue weighted by atomic mass is 10.2. The molecule has 0 aliphatic heterocycles. The molecule has 5 rings (SSSR count). The smallest absolute Gasteiger partial charge is 0.264 e. The minimum absolute atomic E-state index is 0.0797. The first-order valence-corrected chi connectivity index (χ1v) is 11.7. The Morgan fingerprint density at radius 3 is 2.59 bits per heavy atom. The van der Waals surface area contributed by atoms with Gasteiger partial charge >= 0.3 is 0 Å². The summed E-state index contributed by atoms with van der Waals surface area (Å²) in [6.45, 7) is 3.47. The van der Waals surface area contributed by atoms with Gasteiger partial charge in [-0.15, -0.1) is 0 Å². The van der Waals surface area contributed by atoms with Crippen molar-refractivity contribution in [2.45, 2.75) is 18.7 Å². The van der Waals surface area contributed by atoms with Gasteiger partial charge in [-0.2, -0.15) is 10.1 Å². The van der Waals surface area contributed by atoms with Crippen LogP contribution in [-0.2, 0) is 10.0 Å². The maximum atomic E-state index is 12.7. The van der Waals surface area contributed by atoms with Crippen molar-refractivity contribution in [3.8, 4) is 0 Å². The molecule has 12 heteroatoms. The van der Waals surface area contributed by atoms with E-state index in [1.165, 1.54) is 12.1 Å². The fourth-order valence-corrected chi connectivity index (χ4v) is 4.29. The number of anilines is 5. The monoisotopic (exact) mass is 476 g/mol. The quantitative estimate of drug-likeness (QED) is 0.270. The molecular weight excluding hydrogens is 456 g/mol. The SMILES string of the molecule is Cc1noc(NS(=O)(=O)c2ccc(Nc3nccc(Nc4cccc5[nH]ncc45)n3)cc2)c1C. The second-order valence-corrected chi connectivity index (χ2v) is 9.19. The number of nitrogens with one attached hydrogen (secondary N) is 4. The molecule has 0 unspecified atom stereocenters. The van der Waals surface area contributed by atoms with Gasteiger partial charge in [-0.3, -0.25) is 5.10 Å². The molecule has 0 fully saturated rings. The van der Waals surface area contributed by atoms with Gasteiger partial charge in [0.25, 0.3) is 10.0 Å². The van der Waals surface area contributed by atoms with E-state index in [0.717, 1.165) is 16.6 Å². The first-order chi connectivity index (χ1) is 16.4. The number of hydrogen-bond acceptors (Lipinski definition) is 9. The van der Waals surface area contributed by atoms with Gasteiger partial charge in [0.15, 0.2) is 0 Å². The van der Waals surface area contributed by atoms with Crippen molar-refractivity contribution in [1.29, 1.82) is 0 Å². The van der Waals surface area contributed by atoms with Crippen LogP contribution in [0.5, 0.6) is 0 Å². The number of rotatable bonds is 7. The van der Waals surface area contributed by atoms with Gasteiger partial charge in [-0.25, -0.2) is 18.1 Å². The van der Waals surface area contributed by atoms with E-state index in [0.29, 0.717) is 28.7 Å².